The van der Waals surface area contributed by atoms with Crippen molar-refractivity contribution < 1.29 is 19.4 Å². The number of aromatic carboxylic acids is 1. The fraction of sp³-hybridized carbons (Fsp3) is 0.100. The second-order valence-corrected chi connectivity index (χ2v) is 3.55. The van der Waals surface area contributed by atoms with Crippen molar-refractivity contribution in [2.45, 2.75) is 6.92 Å². The number of carboxylic acid groups (broad SMARTS) is 1. The Balaban J connectivity index is 2.93. The molecule has 0 bridgehead atoms. The molecule has 0 atom stereocenters. The molecule has 0 fully saturated rings. The molecule has 2 rings (SSSR count). The molecule has 4 nitrogen and oxygen atoms in total. The number of hydrogen-bond acceptors (Lipinski definition) is 3. The fourth-order valence-corrected chi connectivity index (χ4v) is 1.84. The molecule has 0 saturated heterocycles. The summed E-state index contributed by atoms with van der Waals surface area (Å²) < 4.78 is 5.20. The zero-order valence-electron chi connectivity index (χ0n) is 7.74. The van der Waals surface area contributed by atoms with Gasteiger partial charge in [0.2, 0.25) is 0 Å². The van der Waals surface area contributed by atoms with Crippen LogP contribution in [0.2, 0.25) is 5.02 Å². The number of phenols is 1. The third kappa shape index (κ3) is 1.43. The van der Waals surface area contributed by atoms with Gasteiger partial charge in [0.25, 0.3) is 0 Å². The van der Waals surface area contributed by atoms with Crippen LogP contribution in [-0.4, -0.2) is 16.2 Å². The molecule has 2 aromatic rings. The first-order valence-corrected chi connectivity index (χ1v) is 4.53. The Morgan fingerprint density at radius 2 is 2.13 bits per heavy atom. The summed E-state index contributed by atoms with van der Waals surface area (Å²) in [5, 5.41) is 18.7. The van der Waals surface area contributed by atoms with E-state index < -0.39 is 5.97 Å². The van der Waals surface area contributed by atoms with Crippen molar-refractivity contribution >= 4 is 28.5 Å². The van der Waals surface area contributed by atoms with Gasteiger partial charge in [-0.05, 0) is 13.0 Å². The summed E-state index contributed by atoms with van der Waals surface area (Å²) in [7, 11) is 0. The highest BCUT2D eigenvalue weighted by molar-refractivity contribution is 6.36. The van der Waals surface area contributed by atoms with E-state index in [9.17, 15) is 9.90 Å². The second-order valence-electron chi connectivity index (χ2n) is 3.14. The third-order valence-electron chi connectivity index (χ3n) is 2.12. The molecule has 1 heterocycles. The van der Waals surface area contributed by atoms with E-state index in [2.05, 4.69) is 0 Å². The number of phenolic OH excluding ortho intramolecular Hbond substituents is 1. The summed E-state index contributed by atoms with van der Waals surface area (Å²) in [6.07, 6.45) is 0. The Morgan fingerprint density at radius 3 is 2.73 bits per heavy atom. The predicted octanol–water partition coefficient (Wildman–Crippen LogP) is 2.80. The standard InChI is InChI=1S/C10H7ClO4/c1-4-8(10(13)14)9-6(11)2-5(12)3-7(9)15-4/h2-3,12H,1H3,(H,13,14). The first-order valence-electron chi connectivity index (χ1n) is 4.15. The molecule has 0 saturated carbocycles. The van der Waals surface area contributed by atoms with Gasteiger partial charge in [-0.2, -0.15) is 0 Å². The van der Waals surface area contributed by atoms with Crippen LogP contribution in [0.3, 0.4) is 0 Å². The Labute approximate surface area is 89.7 Å². The number of benzene rings is 1. The van der Waals surface area contributed by atoms with Crippen molar-refractivity contribution in [2.24, 2.45) is 0 Å². The summed E-state index contributed by atoms with van der Waals surface area (Å²) in [5.74, 6) is -0.887. The monoisotopic (exact) mass is 226 g/mol. The third-order valence-corrected chi connectivity index (χ3v) is 2.42. The van der Waals surface area contributed by atoms with Gasteiger partial charge >= 0.3 is 5.97 Å². The summed E-state index contributed by atoms with van der Waals surface area (Å²) >= 11 is 5.84. The molecule has 0 amide bonds. The lowest BCUT2D eigenvalue weighted by atomic mass is 10.1. The molecule has 1 aromatic heterocycles. The molecule has 5 heteroatoms. The summed E-state index contributed by atoms with van der Waals surface area (Å²) in [6.45, 7) is 1.54. The van der Waals surface area contributed by atoms with Crippen LogP contribution < -0.4 is 0 Å². The Bertz CT molecular complexity index is 556. The normalized spacial score (nSPS) is 10.8. The molecule has 0 spiro atoms. The SMILES string of the molecule is Cc1oc2cc(O)cc(Cl)c2c1C(=O)O. The predicted molar refractivity (Wildman–Crippen MR) is 54.6 cm³/mol. The summed E-state index contributed by atoms with van der Waals surface area (Å²) in [5.41, 5.74) is 0.310. The maximum Gasteiger partial charge on any atom is 0.339 e. The number of rotatable bonds is 1. The zero-order valence-corrected chi connectivity index (χ0v) is 8.50. The Morgan fingerprint density at radius 1 is 1.47 bits per heavy atom. The number of carboxylic acids is 1. The van der Waals surface area contributed by atoms with Crippen molar-refractivity contribution in [3.05, 3.63) is 28.5 Å². The van der Waals surface area contributed by atoms with E-state index in [0.29, 0.717) is 5.39 Å². The molecule has 0 unspecified atom stereocenters. The van der Waals surface area contributed by atoms with Crippen LogP contribution >= 0.6 is 11.6 Å². The minimum atomic E-state index is -1.10. The van der Waals surface area contributed by atoms with E-state index in [1.54, 1.807) is 0 Å². The molecule has 0 aliphatic heterocycles. The van der Waals surface area contributed by atoms with E-state index in [-0.39, 0.29) is 27.7 Å². The van der Waals surface area contributed by atoms with E-state index >= 15 is 0 Å². The van der Waals surface area contributed by atoms with Crippen LogP contribution in [-0.2, 0) is 0 Å². The second kappa shape index (κ2) is 3.17. The van der Waals surface area contributed by atoms with Gasteiger partial charge in [-0.3, -0.25) is 0 Å². The molecule has 0 aliphatic rings. The average Bonchev–Trinajstić information content (AvgIpc) is 2.40. The van der Waals surface area contributed by atoms with Gasteiger partial charge in [0, 0.05) is 6.07 Å². The number of furan rings is 1. The van der Waals surface area contributed by atoms with Gasteiger partial charge in [0.15, 0.2) is 0 Å². The van der Waals surface area contributed by atoms with Crippen molar-refractivity contribution in [3.63, 3.8) is 0 Å². The average molecular weight is 227 g/mol. The number of carbonyl (C=O) groups is 1. The van der Waals surface area contributed by atoms with Crippen LogP contribution in [0, 0.1) is 6.92 Å². The fourth-order valence-electron chi connectivity index (χ4n) is 1.54. The lowest BCUT2D eigenvalue weighted by Crippen LogP contribution is -1.96. The van der Waals surface area contributed by atoms with Gasteiger partial charge in [-0.1, -0.05) is 11.6 Å². The largest absolute Gasteiger partial charge is 0.508 e. The highest BCUT2D eigenvalue weighted by Crippen LogP contribution is 2.34. The van der Waals surface area contributed by atoms with E-state index in [1.807, 2.05) is 0 Å². The van der Waals surface area contributed by atoms with Gasteiger partial charge in [-0.25, -0.2) is 4.79 Å². The van der Waals surface area contributed by atoms with Crippen LogP contribution in [0.15, 0.2) is 16.5 Å². The smallest absolute Gasteiger partial charge is 0.339 e. The molecule has 0 aliphatic carbocycles. The lowest BCUT2D eigenvalue weighted by Gasteiger charge is -1.96. The maximum absolute atomic E-state index is 11.0. The molecule has 15 heavy (non-hydrogen) atoms. The Hall–Kier alpha value is -1.68. The van der Waals surface area contributed by atoms with E-state index in [1.165, 1.54) is 19.1 Å². The molecule has 78 valence electrons. The van der Waals surface area contributed by atoms with Gasteiger partial charge in [0.05, 0.1) is 10.4 Å². The Kier molecular flexibility index (Phi) is 2.08. The minimum Gasteiger partial charge on any atom is -0.508 e. The summed E-state index contributed by atoms with van der Waals surface area (Å²) in [6, 6.07) is 2.62. The van der Waals surface area contributed by atoms with Gasteiger partial charge in [-0.15, -0.1) is 0 Å². The highest BCUT2D eigenvalue weighted by atomic mass is 35.5. The van der Waals surface area contributed by atoms with E-state index in [0.717, 1.165) is 0 Å². The number of aromatic hydroxyl groups is 1. The van der Waals surface area contributed by atoms with Crippen LogP contribution in [0.4, 0.5) is 0 Å². The van der Waals surface area contributed by atoms with Gasteiger partial charge in [0.1, 0.15) is 22.7 Å². The number of hydrogen-bond donors (Lipinski definition) is 2. The number of halogens is 1. The molecule has 2 N–H and O–H groups in total. The van der Waals surface area contributed by atoms with E-state index in [4.69, 9.17) is 21.1 Å². The van der Waals surface area contributed by atoms with Crippen LogP contribution in [0.1, 0.15) is 16.1 Å². The lowest BCUT2D eigenvalue weighted by molar-refractivity contribution is 0.0697. The summed E-state index contributed by atoms with van der Waals surface area (Å²) in [4.78, 5) is 11.0. The minimum absolute atomic E-state index is 0.0370. The number of aryl methyl sites for hydroxylation is 1. The topological polar surface area (TPSA) is 70.7 Å². The van der Waals surface area contributed by atoms with Crippen molar-refractivity contribution in [3.8, 4) is 5.75 Å². The molecule has 0 radical (unpaired) electrons. The first kappa shape index (κ1) is 9.86. The first-order chi connectivity index (χ1) is 7.00. The number of fused-ring (bicyclic) bond motifs is 1. The van der Waals surface area contributed by atoms with Crippen LogP contribution in [0.5, 0.6) is 5.75 Å². The zero-order chi connectivity index (χ0) is 11.2. The molecule has 1 aromatic carbocycles. The van der Waals surface area contributed by atoms with Crippen molar-refractivity contribution in [2.75, 3.05) is 0 Å². The maximum atomic E-state index is 11.0. The molecular weight excluding hydrogens is 220 g/mol. The highest BCUT2D eigenvalue weighted by Gasteiger charge is 2.20. The van der Waals surface area contributed by atoms with Crippen molar-refractivity contribution in [1.82, 2.24) is 0 Å². The van der Waals surface area contributed by atoms with Crippen LogP contribution in [0.25, 0.3) is 11.0 Å². The van der Waals surface area contributed by atoms with Gasteiger partial charge < -0.3 is 14.6 Å². The van der Waals surface area contributed by atoms with Crippen molar-refractivity contribution in [1.29, 1.82) is 0 Å². The molecular formula is C10H7ClO4. The quantitative estimate of drug-likeness (QED) is 0.784.